The van der Waals surface area contributed by atoms with E-state index in [1.165, 1.54) is 11.3 Å². The third kappa shape index (κ3) is 2.54. The summed E-state index contributed by atoms with van der Waals surface area (Å²) in [6, 6.07) is 0. The number of carbonyl (C=O) groups excluding carboxylic acids is 1. The second kappa shape index (κ2) is 5.33. The Balaban J connectivity index is 2.21. The number of alkyl halides is 3. The van der Waals surface area contributed by atoms with E-state index in [0.29, 0.717) is 6.42 Å². The normalized spacial score (nSPS) is 23.1. The Labute approximate surface area is 118 Å². The zero-order chi connectivity index (χ0) is 15.0. The molecule has 1 aromatic rings. The fraction of sp³-hybridized carbons (Fsp3) is 0.667. The number of halogens is 3. The molecule has 1 unspecified atom stereocenters. The van der Waals surface area contributed by atoms with Crippen LogP contribution in [-0.4, -0.2) is 30.2 Å². The number of rotatable bonds is 3. The monoisotopic (exact) mass is 307 g/mol. The Hall–Kier alpha value is -1.15. The van der Waals surface area contributed by atoms with Crippen molar-refractivity contribution in [1.82, 2.24) is 10.3 Å². The quantitative estimate of drug-likeness (QED) is 0.902. The number of hydrogen-bond donors (Lipinski definition) is 2. The van der Waals surface area contributed by atoms with Crippen molar-refractivity contribution in [1.29, 1.82) is 0 Å². The minimum atomic E-state index is -4.57. The van der Waals surface area contributed by atoms with Crippen LogP contribution < -0.4 is 10.6 Å². The van der Waals surface area contributed by atoms with Gasteiger partial charge < -0.3 is 10.6 Å². The number of thiazole rings is 1. The average molecular weight is 307 g/mol. The Bertz CT molecular complexity index is 507. The molecule has 1 atom stereocenters. The summed E-state index contributed by atoms with van der Waals surface area (Å²) in [6.07, 6.45) is -4.13. The molecule has 0 radical (unpaired) electrons. The molecule has 1 saturated heterocycles. The van der Waals surface area contributed by atoms with Gasteiger partial charge in [0, 0.05) is 11.4 Å². The fourth-order valence-corrected chi connectivity index (χ4v) is 3.18. The molecule has 2 N–H and O–H groups in total. The van der Waals surface area contributed by atoms with E-state index in [1.807, 2.05) is 13.8 Å². The van der Waals surface area contributed by atoms with E-state index in [0.717, 1.165) is 10.6 Å². The Morgan fingerprint density at radius 2 is 2.25 bits per heavy atom. The molecule has 2 heterocycles. The van der Waals surface area contributed by atoms with Gasteiger partial charge in [0.15, 0.2) is 10.5 Å². The molecule has 0 spiro atoms. The summed E-state index contributed by atoms with van der Waals surface area (Å²) in [4.78, 5) is 17.2. The lowest BCUT2D eigenvalue weighted by Gasteiger charge is -2.28. The van der Waals surface area contributed by atoms with E-state index in [9.17, 15) is 18.0 Å². The van der Waals surface area contributed by atoms with Crippen LogP contribution in [0.3, 0.4) is 0 Å². The lowest BCUT2D eigenvalue weighted by molar-refractivity contribution is -0.213. The lowest BCUT2D eigenvalue weighted by Crippen LogP contribution is -2.49. The highest BCUT2D eigenvalue weighted by molar-refractivity contribution is 7.15. The average Bonchev–Trinajstić information content (AvgIpc) is 2.95. The van der Waals surface area contributed by atoms with Gasteiger partial charge in [0.2, 0.25) is 5.91 Å². The minimum Gasteiger partial charge on any atom is -0.315 e. The number of aryl methyl sites for hydroxylation is 2. The van der Waals surface area contributed by atoms with Gasteiger partial charge in [0.25, 0.3) is 0 Å². The van der Waals surface area contributed by atoms with Crippen LogP contribution in [0.1, 0.15) is 23.9 Å². The van der Waals surface area contributed by atoms with Crippen molar-refractivity contribution in [3.63, 3.8) is 0 Å². The van der Waals surface area contributed by atoms with Gasteiger partial charge in [-0.25, -0.2) is 4.98 Å². The minimum absolute atomic E-state index is 0.185. The van der Waals surface area contributed by atoms with Gasteiger partial charge in [-0.1, -0.05) is 6.92 Å². The predicted molar refractivity (Wildman–Crippen MR) is 70.8 cm³/mol. The van der Waals surface area contributed by atoms with Crippen molar-refractivity contribution in [2.45, 2.75) is 32.9 Å². The number of hydrogen-bond acceptors (Lipinski definition) is 4. The first-order valence-corrected chi connectivity index (χ1v) is 7.17. The second-order valence-electron chi connectivity index (χ2n) is 4.84. The van der Waals surface area contributed by atoms with Gasteiger partial charge in [0.1, 0.15) is 0 Å². The number of nitrogens with one attached hydrogen (secondary N) is 2. The highest BCUT2D eigenvalue weighted by Gasteiger charge is 2.61. The van der Waals surface area contributed by atoms with Crippen LogP contribution in [0.4, 0.5) is 18.3 Å². The molecular formula is C12H16F3N3OS. The summed E-state index contributed by atoms with van der Waals surface area (Å²) in [5.74, 6) is -1.02. The second-order valence-corrected chi connectivity index (χ2v) is 6.04. The number of anilines is 1. The van der Waals surface area contributed by atoms with Crippen molar-refractivity contribution < 1.29 is 18.0 Å². The summed E-state index contributed by atoms with van der Waals surface area (Å²) in [6.45, 7) is 3.55. The number of aromatic nitrogens is 1. The number of nitrogens with zero attached hydrogens (tertiary/aromatic N) is 1. The zero-order valence-electron chi connectivity index (χ0n) is 11.2. The predicted octanol–water partition coefficient (Wildman–Crippen LogP) is 2.49. The molecule has 4 nitrogen and oxygen atoms in total. The van der Waals surface area contributed by atoms with E-state index in [-0.39, 0.29) is 24.6 Å². The lowest BCUT2D eigenvalue weighted by atomic mass is 9.85. The highest BCUT2D eigenvalue weighted by Crippen LogP contribution is 2.44. The van der Waals surface area contributed by atoms with Crippen LogP contribution >= 0.6 is 11.3 Å². The topological polar surface area (TPSA) is 54.0 Å². The van der Waals surface area contributed by atoms with Gasteiger partial charge in [-0.3, -0.25) is 4.79 Å². The maximum absolute atomic E-state index is 13.2. The van der Waals surface area contributed by atoms with E-state index < -0.39 is 17.5 Å². The Kier molecular flexibility index (Phi) is 4.06. The third-order valence-electron chi connectivity index (χ3n) is 3.58. The Morgan fingerprint density at radius 3 is 2.70 bits per heavy atom. The van der Waals surface area contributed by atoms with Gasteiger partial charge in [-0.2, -0.15) is 13.2 Å². The molecule has 1 aromatic heterocycles. The van der Waals surface area contributed by atoms with Crippen LogP contribution in [-0.2, 0) is 11.2 Å². The standard InChI is InChI=1S/C12H16F3N3OS/c1-3-8-7(2)20-10(17-8)18-9(19)11(12(13,14)15)4-5-16-6-11/h16H,3-6H2,1-2H3,(H,17,18,19). The zero-order valence-corrected chi connectivity index (χ0v) is 12.0. The Morgan fingerprint density at radius 1 is 1.55 bits per heavy atom. The van der Waals surface area contributed by atoms with Gasteiger partial charge in [-0.15, -0.1) is 11.3 Å². The van der Waals surface area contributed by atoms with Crippen LogP contribution in [0.5, 0.6) is 0 Å². The number of carbonyl (C=O) groups is 1. The molecule has 1 fully saturated rings. The van der Waals surface area contributed by atoms with Crippen molar-refractivity contribution in [3.05, 3.63) is 10.6 Å². The first-order valence-electron chi connectivity index (χ1n) is 6.35. The molecule has 1 aliphatic rings. The molecule has 112 valence electrons. The summed E-state index contributed by atoms with van der Waals surface area (Å²) in [5.41, 5.74) is -1.55. The maximum Gasteiger partial charge on any atom is 0.404 e. The first kappa shape index (κ1) is 15.2. The molecule has 0 aromatic carbocycles. The van der Waals surface area contributed by atoms with Crippen molar-refractivity contribution >= 4 is 22.4 Å². The smallest absolute Gasteiger partial charge is 0.315 e. The molecule has 0 bridgehead atoms. The molecule has 0 saturated carbocycles. The van der Waals surface area contributed by atoms with Gasteiger partial charge in [-0.05, 0) is 26.3 Å². The van der Waals surface area contributed by atoms with Gasteiger partial charge >= 0.3 is 6.18 Å². The van der Waals surface area contributed by atoms with Crippen LogP contribution in [0.25, 0.3) is 0 Å². The summed E-state index contributed by atoms with van der Waals surface area (Å²) in [5, 5.41) is 5.19. The van der Waals surface area contributed by atoms with Crippen molar-refractivity contribution in [2.24, 2.45) is 5.41 Å². The molecule has 8 heteroatoms. The number of amides is 1. The van der Waals surface area contributed by atoms with Crippen molar-refractivity contribution in [2.75, 3.05) is 18.4 Å². The molecular weight excluding hydrogens is 291 g/mol. The van der Waals surface area contributed by atoms with Gasteiger partial charge in [0.05, 0.1) is 5.69 Å². The largest absolute Gasteiger partial charge is 0.404 e. The molecule has 0 aliphatic carbocycles. The van der Waals surface area contributed by atoms with Crippen LogP contribution in [0.15, 0.2) is 0 Å². The SMILES string of the molecule is CCc1nc(NC(=O)C2(C(F)(F)F)CCNC2)sc1C. The van der Waals surface area contributed by atoms with E-state index in [4.69, 9.17) is 0 Å². The maximum atomic E-state index is 13.2. The molecule has 2 rings (SSSR count). The van der Waals surface area contributed by atoms with E-state index in [1.54, 1.807) is 0 Å². The molecule has 1 amide bonds. The third-order valence-corrected chi connectivity index (χ3v) is 4.51. The summed E-state index contributed by atoms with van der Waals surface area (Å²) >= 11 is 1.20. The fourth-order valence-electron chi connectivity index (χ4n) is 2.28. The summed E-state index contributed by atoms with van der Waals surface area (Å²) in [7, 11) is 0. The van der Waals surface area contributed by atoms with Crippen molar-refractivity contribution in [3.8, 4) is 0 Å². The molecule has 1 aliphatic heterocycles. The van der Waals surface area contributed by atoms with E-state index >= 15 is 0 Å². The summed E-state index contributed by atoms with van der Waals surface area (Å²) < 4.78 is 39.6. The molecule has 20 heavy (non-hydrogen) atoms. The van der Waals surface area contributed by atoms with Crippen LogP contribution in [0.2, 0.25) is 0 Å². The highest BCUT2D eigenvalue weighted by atomic mass is 32.1. The first-order chi connectivity index (χ1) is 9.30. The van der Waals surface area contributed by atoms with E-state index in [2.05, 4.69) is 15.6 Å². The van der Waals surface area contributed by atoms with Crippen LogP contribution in [0, 0.1) is 12.3 Å².